The molecular formula is C16H12N2O2S. The van der Waals surface area contributed by atoms with Crippen molar-refractivity contribution in [2.75, 3.05) is 5.32 Å². The molecule has 21 heavy (non-hydrogen) atoms. The molecule has 2 aromatic carbocycles. The summed E-state index contributed by atoms with van der Waals surface area (Å²) in [5.41, 5.74) is 6.02. The third-order valence-corrected chi connectivity index (χ3v) is 4.20. The third kappa shape index (κ3) is 2.64. The van der Waals surface area contributed by atoms with E-state index in [4.69, 9.17) is 5.73 Å². The summed E-state index contributed by atoms with van der Waals surface area (Å²) in [5, 5.41) is 3.76. The topological polar surface area (TPSA) is 72.2 Å². The van der Waals surface area contributed by atoms with Gasteiger partial charge >= 0.3 is 0 Å². The van der Waals surface area contributed by atoms with Crippen molar-refractivity contribution >= 4 is 38.9 Å². The van der Waals surface area contributed by atoms with E-state index >= 15 is 0 Å². The Labute approximate surface area is 125 Å². The van der Waals surface area contributed by atoms with E-state index in [1.54, 1.807) is 24.3 Å². The molecule has 0 spiro atoms. The summed E-state index contributed by atoms with van der Waals surface area (Å²) in [6, 6.07) is 16.3. The molecule has 0 aliphatic rings. The highest BCUT2D eigenvalue weighted by Gasteiger charge is 2.13. The molecule has 1 heterocycles. The molecule has 5 heteroatoms. The average molecular weight is 296 g/mol. The maximum atomic E-state index is 12.3. The predicted octanol–water partition coefficient (Wildman–Crippen LogP) is 3.25. The molecule has 2 amide bonds. The minimum absolute atomic E-state index is 0.245. The number of hydrogen-bond donors (Lipinski definition) is 2. The number of amides is 2. The van der Waals surface area contributed by atoms with Gasteiger partial charge in [-0.2, -0.15) is 0 Å². The molecule has 0 bridgehead atoms. The number of rotatable bonds is 3. The van der Waals surface area contributed by atoms with E-state index in [2.05, 4.69) is 5.32 Å². The predicted molar refractivity (Wildman–Crippen MR) is 84.7 cm³/mol. The monoisotopic (exact) mass is 296 g/mol. The molecule has 0 atom stereocenters. The Balaban J connectivity index is 1.91. The zero-order valence-electron chi connectivity index (χ0n) is 11.0. The minimum Gasteiger partial charge on any atom is -0.366 e. The maximum Gasteiger partial charge on any atom is 0.265 e. The van der Waals surface area contributed by atoms with Gasteiger partial charge in [-0.3, -0.25) is 9.59 Å². The fourth-order valence-electron chi connectivity index (χ4n) is 2.08. The first-order valence-electron chi connectivity index (χ1n) is 6.34. The van der Waals surface area contributed by atoms with Crippen molar-refractivity contribution in [1.82, 2.24) is 0 Å². The Hall–Kier alpha value is -2.66. The van der Waals surface area contributed by atoms with Crippen LogP contribution in [-0.4, -0.2) is 11.8 Å². The number of benzene rings is 2. The molecule has 3 aromatic rings. The van der Waals surface area contributed by atoms with Gasteiger partial charge in [-0.05, 0) is 29.7 Å². The summed E-state index contributed by atoms with van der Waals surface area (Å²) in [7, 11) is 0. The highest BCUT2D eigenvalue weighted by atomic mass is 32.1. The van der Waals surface area contributed by atoms with Crippen LogP contribution in [0.25, 0.3) is 10.1 Å². The number of thiophene rings is 1. The zero-order valence-corrected chi connectivity index (χ0v) is 11.8. The first-order valence-corrected chi connectivity index (χ1v) is 7.15. The number of para-hydroxylation sites is 1. The molecule has 104 valence electrons. The second kappa shape index (κ2) is 5.38. The molecule has 4 nitrogen and oxygen atoms in total. The zero-order chi connectivity index (χ0) is 14.8. The van der Waals surface area contributed by atoms with Crippen molar-refractivity contribution < 1.29 is 9.59 Å². The van der Waals surface area contributed by atoms with Crippen LogP contribution in [0.1, 0.15) is 20.0 Å². The molecule has 0 aliphatic carbocycles. The van der Waals surface area contributed by atoms with Crippen LogP contribution in [0, 0.1) is 0 Å². The van der Waals surface area contributed by atoms with Crippen molar-refractivity contribution in [3.63, 3.8) is 0 Å². The Morgan fingerprint density at radius 3 is 2.48 bits per heavy atom. The lowest BCUT2D eigenvalue weighted by Gasteiger charge is -2.07. The number of primary amides is 1. The minimum atomic E-state index is -0.567. The second-order valence-corrected chi connectivity index (χ2v) is 5.60. The highest BCUT2D eigenvalue weighted by Crippen LogP contribution is 2.26. The summed E-state index contributed by atoms with van der Waals surface area (Å²) in [6.07, 6.45) is 0. The van der Waals surface area contributed by atoms with Crippen molar-refractivity contribution in [3.8, 4) is 0 Å². The number of carbonyl (C=O) groups is 2. The van der Waals surface area contributed by atoms with Crippen LogP contribution in [-0.2, 0) is 0 Å². The molecule has 3 rings (SSSR count). The summed E-state index contributed by atoms with van der Waals surface area (Å²) in [5.74, 6) is -0.813. The highest BCUT2D eigenvalue weighted by molar-refractivity contribution is 7.20. The van der Waals surface area contributed by atoms with Gasteiger partial charge in [0.05, 0.1) is 16.1 Å². The Morgan fingerprint density at radius 1 is 1.00 bits per heavy atom. The fourth-order valence-corrected chi connectivity index (χ4v) is 3.04. The Morgan fingerprint density at radius 2 is 1.71 bits per heavy atom. The van der Waals surface area contributed by atoms with Gasteiger partial charge in [-0.15, -0.1) is 11.3 Å². The van der Waals surface area contributed by atoms with Gasteiger partial charge in [-0.25, -0.2) is 0 Å². The first kappa shape index (κ1) is 13.3. The van der Waals surface area contributed by atoms with Gasteiger partial charge in [0.1, 0.15) is 0 Å². The Bertz CT molecular complexity index is 806. The summed E-state index contributed by atoms with van der Waals surface area (Å²) in [4.78, 5) is 24.3. The fraction of sp³-hybridized carbons (Fsp3) is 0. The van der Waals surface area contributed by atoms with Gasteiger partial charge < -0.3 is 11.1 Å². The van der Waals surface area contributed by atoms with Gasteiger partial charge in [0.15, 0.2) is 0 Å². The van der Waals surface area contributed by atoms with Crippen LogP contribution in [0.3, 0.4) is 0 Å². The lowest BCUT2D eigenvalue weighted by Crippen LogP contribution is -2.17. The van der Waals surface area contributed by atoms with Gasteiger partial charge in [0, 0.05) is 4.70 Å². The SMILES string of the molecule is NC(=O)c1ccccc1NC(=O)c1cc2ccccc2s1. The second-order valence-electron chi connectivity index (χ2n) is 4.51. The average Bonchev–Trinajstić information content (AvgIpc) is 2.91. The molecule has 3 N–H and O–H groups in total. The maximum absolute atomic E-state index is 12.3. The normalized spacial score (nSPS) is 10.5. The van der Waals surface area contributed by atoms with Gasteiger partial charge in [0.25, 0.3) is 11.8 Å². The molecule has 0 fully saturated rings. The van der Waals surface area contributed by atoms with E-state index in [-0.39, 0.29) is 5.91 Å². The molecule has 0 aliphatic heterocycles. The first-order chi connectivity index (χ1) is 10.1. The van der Waals surface area contributed by atoms with E-state index in [9.17, 15) is 9.59 Å². The van der Waals surface area contributed by atoms with Crippen LogP contribution < -0.4 is 11.1 Å². The number of carbonyl (C=O) groups excluding carboxylic acids is 2. The molecular weight excluding hydrogens is 284 g/mol. The van der Waals surface area contributed by atoms with E-state index in [1.807, 2.05) is 30.3 Å². The van der Waals surface area contributed by atoms with Crippen LogP contribution >= 0.6 is 11.3 Å². The van der Waals surface area contributed by atoms with Crippen LogP contribution in [0.4, 0.5) is 5.69 Å². The summed E-state index contributed by atoms with van der Waals surface area (Å²) >= 11 is 1.41. The standard InChI is InChI=1S/C16H12N2O2S/c17-15(19)11-6-2-3-7-12(11)18-16(20)14-9-10-5-1-4-8-13(10)21-14/h1-9H,(H2,17,19)(H,18,20). The molecule has 0 saturated heterocycles. The smallest absolute Gasteiger partial charge is 0.265 e. The van der Waals surface area contributed by atoms with Crippen molar-refractivity contribution in [1.29, 1.82) is 0 Å². The summed E-state index contributed by atoms with van der Waals surface area (Å²) < 4.78 is 1.05. The molecule has 0 saturated carbocycles. The van der Waals surface area contributed by atoms with Crippen molar-refractivity contribution in [2.24, 2.45) is 5.73 Å². The quantitative estimate of drug-likeness (QED) is 0.778. The van der Waals surface area contributed by atoms with E-state index in [0.29, 0.717) is 16.1 Å². The van der Waals surface area contributed by atoms with E-state index in [0.717, 1.165) is 10.1 Å². The number of nitrogens with one attached hydrogen (secondary N) is 1. The number of hydrogen-bond acceptors (Lipinski definition) is 3. The molecule has 1 aromatic heterocycles. The molecule has 0 unspecified atom stereocenters. The molecule has 0 radical (unpaired) electrons. The van der Waals surface area contributed by atoms with Crippen molar-refractivity contribution in [2.45, 2.75) is 0 Å². The summed E-state index contributed by atoms with van der Waals surface area (Å²) in [6.45, 7) is 0. The van der Waals surface area contributed by atoms with Gasteiger partial charge in [-0.1, -0.05) is 30.3 Å². The van der Waals surface area contributed by atoms with Crippen LogP contribution in [0.5, 0.6) is 0 Å². The van der Waals surface area contributed by atoms with Gasteiger partial charge in [0.2, 0.25) is 0 Å². The van der Waals surface area contributed by atoms with Crippen LogP contribution in [0.15, 0.2) is 54.6 Å². The largest absolute Gasteiger partial charge is 0.366 e. The van der Waals surface area contributed by atoms with E-state index < -0.39 is 5.91 Å². The van der Waals surface area contributed by atoms with Crippen molar-refractivity contribution in [3.05, 3.63) is 65.0 Å². The third-order valence-electron chi connectivity index (χ3n) is 3.09. The lowest BCUT2D eigenvalue weighted by atomic mass is 10.1. The van der Waals surface area contributed by atoms with E-state index in [1.165, 1.54) is 11.3 Å². The van der Waals surface area contributed by atoms with Crippen LogP contribution in [0.2, 0.25) is 0 Å². The number of fused-ring (bicyclic) bond motifs is 1. The Kier molecular flexibility index (Phi) is 3.41. The number of anilines is 1. The lowest BCUT2D eigenvalue weighted by molar-refractivity contribution is 0.100. The number of nitrogens with two attached hydrogens (primary N) is 1.